The fourth-order valence-corrected chi connectivity index (χ4v) is 4.37. The summed E-state index contributed by atoms with van der Waals surface area (Å²) in [4.78, 5) is 21.9. The van der Waals surface area contributed by atoms with Crippen LogP contribution in [0, 0.1) is 0 Å². The summed E-state index contributed by atoms with van der Waals surface area (Å²) in [6, 6.07) is 6.83. The number of carbonyl (C=O) groups is 1. The monoisotopic (exact) mass is 382 g/mol. The summed E-state index contributed by atoms with van der Waals surface area (Å²) in [6.45, 7) is 1.25. The first-order valence-corrected chi connectivity index (χ1v) is 9.48. The molecule has 0 aliphatic heterocycles. The van der Waals surface area contributed by atoms with Gasteiger partial charge in [0.2, 0.25) is 5.91 Å². The summed E-state index contributed by atoms with van der Waals surface area (Å²) in [6.07, 6.45) is 0. The molecule has 0 fully saturated rings. The molecule has 1 aromatic carbocycles. The second-order valence-corrected chi connectivity index (χ2v) is 6.98. The van der Waals surface area contributed by atoms with E-state index in [2.05, 4.69) is 9.97 Å². The summed E-state index contributed by atoms with van der Waals surface area (Å²) >= 11 is 2.57. The van der Waals surface area contributed by atoms with E-state index in [1.54, 1.807) is 29.2 Å². The van der Waals surface area contributed by atoms with Gasteiger partial charge in [0.05, 0.1) is 16.7 Å². The Morgan fingerprint density at radius 2 is 2.12 bits per heavy atom. The van der Waals surface area contributed by atoms with Crippen LogP contribution in [-0.4, -0.2) is 27.0 Å². The van der Waals surface area contributed by atoms with Gasteiger partial charge in [-0.25, -0.2) is 9.97 Å². The fourth-order valence-electron chi connectivity index (χ4n) is 2.43. The summed E-state index contributed by atoms with van der Waals surface area (Å²) < 4.78 is 27.8. The van der Waals surface area contributed by atoms with Gasteiger partial charge in [-0.3, -0.25) is 14.3 Å². The number of benzene rings is 1. The molecule has 0 spiro atoms. The predicted octanol–water partition coefficient (Wildman–Crippen LogP) is 4.55. The minimum absolute atomic E-state index is 0.0736. The maximum atomic E-state index is 13.4. The lowest BCUT2D eigenvalue weighted by atomic mass is 10.3. The SMILES string of the molecule is CCN(C(C)=O)c1nc(CSc2nc3ccccc3n2C(F)F)cs1. The zero-order chi connectivity index (χ0) is 18.0. The van der Waals surface area contributed by atoms with Crippen molar-refractivity contribution in [2.24, 2.45) is 0 Å². The first-order valence-electron chi connectivity index (χ1n) is 7.61. The summed E-state index contributed by atoms with van der Waals surface area (Å²) in [5, 5.41) is 2.71. The highest BCUT2D eigenvalue weighted by Gasteiger charge is 2.19. The van der Waals surface area contributed by atoms with Gasteiger partial charge in [0, 0.05) is 24.6 Å². The number of fused-ring (bicyclic) bond motifs is 1. The number of imidazole rings is 1. The number of hydrogen-bond acceptors (Lipinski definition) is 5. The Hall–Kier alpha value is -2.00. The topological polar surface area (TPSA) is 51.0 Å². The van der Waals surface area contributed by atoms with E-state index < -0.39 is 6.55 Å². The molecule has 1 amide bonds. The Balaban J connectivity index is 1.80. The average Bonchev–Trinajstić information content (AvgIpc) is 3.17. The van der Waals surface area contributed by atoms with E-state index in [1.165, 1.54) is 30.0 Å². The molecule has 3 aromatic rings. The van der Waals surface area contributed by atoms with Crippen LogP contribution < -0.4 is 4.90 Å². The normalized spacial score (nSPS) is 11.4. The summed E-state index contributed by atoms with van der Waals surface area (Å²) in [5.74, 6) is 0.331. The van der Waals surface area contributed by atoms with Crippen molar-refractivity contribution in [3.05, 3.63) is 35.3 Å². The first-order chi connectivity index (χ1) is 12.0. The Kier molecular flexibility index (Phi) is 5.33. The van der Waals surface area contributed by atoms with E-state index >= 15 is 0 Å². The van der Waals surface area contributed by atoms with Crippen molar-refractivity contribution in [2.75, 3.05) is 11.4 Å². The van der Waals surface area contributed by atoms with Gasteiger partial charge < -0.3 is 0 Å². The number of rotatable bonds is 6. The Morgan fingerprint density at radius 1 is 1.36 bits per heavy atom. The molecule has 0 N–H and O–H groups in total. The molecule has 0 aliphatic rings. The van der Waals surface area contributed by atoms with Crippen molar-refractivity contribution in [3.63, 3.8) is 0 Å². The Labute approximate surface area is 151 Å². The molecule has 0 radical (unpaired) electrons. The highest BCUT2D eigenvalue weighted by atomic mass is 32.2. The average molecular weight is 382 g/mol. The number of para-hydroxylation sites is 2. The largest absolute Gasteiger partial charge is 0.321 e. The van der Waals surface area contributed by atoms with Crippen molar-refractivity contribution in [2.45, 2.75) is 31.3 Å². The van der Waals surface area contributed by atoms with Crippen LogP contribution in [0.15, 0.2) is 34.8 Å². The molecule has 0 saturated heterocycles. The molecule has 3 rings (SSSR count). The molecule has 0 atom stereocenters. The highest BCUT2D eigenvalue weighted by Crippen LogP contribution is 2.32. The van der Waals surface area contributed by atoms with Crippen LogP contribution >= 0.6 is 23.1 Å². The smallest absolute Gasteiger partial charge is 0.289 e. The van der Waals surface area contributed by atoms with Gasteiger partial charge in [-0.05, 0) is 19.1 Å². The number of thiazole rings is 1. The molecule has 9 heteroatoms. The second-order valence-electron chi connectivity index (χ2n) is 5.20. The van der Waals surface area contributed by atoms with Crippen LogP contribution in [0.1, 0.15) is 26.1 Å². The fraction of sp³-hybridized carbons (Fsp3) is 0.312. The summed E-state index contributed by atoms with van der Waals surface area (Å²) in [5.41, 5.74) is 1.68. The third-order valence-electron chi connectivity index (χ3n) is 3.57. The van der Waals surface area contributed by atoms with E-state index in [4.69, 9.17) is 0 Å². The molecule has 0 bridgehead atoms. The van der Waals surface area contributed by atoms with Gasteiger partial charge in [0.1, 0.15) is 0 Å². The number of anilines is 1. The lowest BCUT2D eigenvalue weighted by molar-refractivity contribution is -0.116. The lowest BCUT2D eigenvalue weighted by Gasteiger charge is -2.14. The van der Waals surface area contributed by atoms with Crippen LogP contribution in [0.4, 0.5) is 13.9 Å². The Morgan fingerprint density at radius 3 is 2.80 bits per heavy atom. The van der Waals surface area contributed by atoms with E-state index in [9.17, 15) is 13.6 Å². The number of aromatic nitrogens is 3. The van der Waals surface area contributed by atoms with Gasteiger partial charge in [0.15, 0.2) is 10.3 Å². The van der Waals surface area contributed by atoms with Crippen LogP contribution in [0.25, 0.3) is 11.0 Å². The number of halogens is 2. The summed E-state index contributed by atoms with van der Waals surface area (Å²) in [7, 11) is 0. The van der Waals surface area contributed by atoms with Crippen molar-refractivity contribution < 1.29 is 13.6 Å². The molecule has 25 heavy (non-hydrogen) atoms. The molecule has 0 saturated carbocycles. The standard InChI is InChI=1S/C16H16F2N4OS2/c1-3-21(10(2)23)15-19-11(8-24-15)9-25-16-20-12-6-4-5-7-13(12)22(16)14(17)18/h4-8,14H,3,9H2,1-2H3. The minimum atomic E-state index is -2.66. The Bertz CT molecular complexity index is 893. The van der Waals surface area contributed by atoms with Gasteiger partial charge in [-0.2, -0.15) is 8.78 Å². The van der Waals surface area contributed by atoms with Crippen molar-refractivity contribution in [1.29, 1.82) is 0 Å². The third kappa shape index (κ3) is 3.67. The van der Waals surface area contributed by atoms with Crippen LogP contribution in [0.3, 0.4) is 0 Å². The molecule has 2 aromatic heterocycles. The van der Waals surface area contributed by atoms with Crippen LogP contribution in [0.5, 0.6) is 0 Å². The van der Waals surface area contributed by atoms with Crippen LogP contribution in [0.2, 0.25) is 0 Å². The molecular formula is C16H16F2N4OS2. The van der Waals surface area contributed by atoms with Gasteiger partial charge in [-0.15, -0.1) is 11.3 Å². The first kappa shape index (κ1) is 17.8. The molecular weight excluding hydrogens is 366 g/mol. The minimum Gasteiger partial charge on any atom is -0.289 e. The van der Waals surface area contributed by atoms with E-state index in [1.807, 2.05) is 12.3 Å². The number of alkyl halides is 2. The van der Waals surface area contributed by atoms with Crippen molar-refractivity contribution >= 4 is 45.2 Å². The molecule has 0 aliphatic carbocycles. The van der Waals surface area contributed by atoms with Crippen molar-refractivity contribution in [1.82, 2.24) is 14.5 Å². The van der Waals surface area contributed by atoms with E-state index in [0.29, 0.717) is 28.5 Å². The number of thioether (sulfide) groups is 1. The van der Waals surface area contributed by atoms with E-state index in [-0.39, 0.29) is 11.1 Å². The molecule has 0 unspecified atom stereocenters. The maximum absolute atomic E-state index is 13.4. The quantitative estimate of drug-likeness (QED) is 0.587. The highest BCUT2D eigenvalue weighted by molar-refractivity contribution is 7.98. The lowest BCUT2D eigenvalue weighted by Crippen LogP contribution is -2.27. The van der Waals surface area contributed by atoms with Gasteiger partial charge in [-0.1, -0.05) is 23.9 Å². The van der Waals surface area contributed by atoms with Crippen LogP contribution in [-0.2, 0) is 10.5 Å². The van der Waals surface area contributed by atoms with Crippen molar-refractivity contribution in [3.8, 4) is 0 Å². The zero-order valence-corrected chi connectivity index (χ0v) is 15.3. The molecule has 2 heterocycles. The predicted molar refractivity (Wildman–Crippen MR) is 96.4 cm³/mol. The molecule has 5 nitrogen and oxygen atoms in total. The number of nitrogens with zero attached hydrogens (tertiary/aromatic N) is 4. The van der Waals surface area contributed by atoms with Gasteiger partial charge >= 0.3 is 6.55 Å². The van der Waals surface area contributed by atoms with Gasteiger partial charge in [0.25, 0.3) is 0 Å². The zero-order valence-electron chi connectivity index (χ0n) is 13.6. The van der Waals surface area contributed by atoms with E-state index in [0.717, 1.165) is 10.3 Å². The second kappa shape index (κ2) is 7.49. The third-order valence-corrected chi connectivity index (χ3v) is 5.47. The maximum Gasteiger partial charge on any atom is 0.321 e. The number of amides is 1. The number of hydrogen-bond donors (Lipinski definition) is 0. The molecule has 132 valence electrons. The number of carbonyl (C=O) groups excluding carboxylic acids is 1.